The molecule has 5 atom stereocenters. The summed E-state index contributed by atoms with van der Waals surface area (Å²) in [5.74, 6) is 0. The maximum absolute atomic E-state index is 9.48. The maximum atomic E-state index is 9.48. The van der Waals surface area contributed by atoms with E-state index in [1.165, 1.54) is 7.11 Å². The van der Waals surface area contributed by atoms with Crippen LogP contribution < -0.4 is 11.5 Å². The van der Waals surface area contributed by atoms with Crippen LogP contribution in [0, 0.1) is 0 Å². The number of aliphatic hydroxyl groups is 2. The Labute approximate surface area is 76.4 Å². The van der Waals surface area contributed by atoms with Gasteiger partial charge in [0.05, 0.1) is 12.1 Å². The highest BCUT2D eigenvalue weighted by molar-refractivity contribution is 4.92. The Morgan fingerprint density at radius 1 is 1.38 bits per heavy atom. The number of rotatable bonds is 2. The van der Waals surface area contributed by atoms with E-state index in [0.29, 0.717) is 0 Å². The molecule has 6 heteroatoms. The molecular formula is C7H16N2O4. The molecule has 1 aliphatic heterocycles. The first-order chi connectivity index (χ1) is 6.11. The van der Waals surface area contributed by atoms with Crippen molar-refractivity contribution in [3.05, 3.63) is 0 Å². The van der Waals surface area contributed by atoms with E-state index < -0.39 is 30.6 Å². The van der Waals surface area contributed by atoms with Gasteiger partial charge in [0, 0.05) is 13.7 Å². The average Bonchev–Trinajstić information content (AvgIpc) is 2.15. The second-order valence-electron chi connectivity index (χ2n) is 3.07. The number of hydrogen-bond donors (Lipinski definition) is 4. The van der Waals surface area contributed by atoms with Crippen molar-refractivity contribution in [2.45, 2.75) is 30.6 Å². The summed E-state index contributed by atoms with van der Waals surface area (Å²) in [5.41, 5.74) is 10.9. The fraction of sp³-hybridized carbons (Fsp3) is 1.00. The van der Waals surface area contributed by atoms with E-state index in [1.807, 2.05) is 0 Å². The maximum Gasteiger partial charge on any atom is 0.185 e. The lowest BCUT2D eigenvalue weighted by Gasteiger charge is -2.40. The monoisotopic (exact) mass is 192 g/mol. The lowest BCUT2D eigenvalue weighted by molar-refractivity contribution is -0.259. The second kappa shape index (κ2) is 4.32. The predicted octanol–water partition coefficient (Wildman–Crippen LogP) is -2.63. The molecule has 0 aromatic heterocycles. The van der Waals surface area contributed by atoms with Gasteiger partial charge in [-0.05, 0) is 0 Å². The fourth-order valence-corrected chi connectivity index (χ4v) is 1.35. The van der Waals surface area contributed by atoms with Crippen molar-refractivity contribution in [1.29, 1.82) is 0 Å². The van der Waals surface area contributed by atoms with Crippen LogP contribution in [-0.2, 0) is 9.47 Å². The molecule has 0 amide bonds. The molecule has 1 heterocycles. The van der Waals surface area contributed by atoms with Gasteiger partial charge in [0.2, 0.25) is 0 Å². The van der Waals surface area contributed by atoms with Crippen LogP contribution >= 0.6 is 0 Å². The van der Waals surface area contributed by atoms with E-state index in [2.05, 4.69) is 0 Å². The quantitative estimate of drug-likeness (QED) is 0.381. The summed E-state index contributed by atoms with van der Waals surface area (Å²) in [6, 6.07) is -0.785. The van der Waals surface area contributed by atoms with Gasteiger partial charge in [-0.2, -0.15) is 0 Å². The Morgan fingerprint density at radius 3 is 2.46 bits per heavy atom. The third kappa shape index (κ3) is 1.98. The van der Waals surface area contributed by atoms with E-state index in [1.54, 1.807) is 0 Å². The molecule has 1 aliphatic rings. The minimum Gasteiger partial charge on any atom is -0.389 e. The molecule has 0 bridgehead atoms. The van der Waals surface area contributed by atoms with E-state index in [9.17, 15) is 10.2 Å². The Hall–Kier alpha value is -0.240. The zero-order valence-corrected chi connectivity index (χ0v) is 7.46. The van der Waals surface area contributed by atoms with Gasteiger partial charge in [-0.3, -0.25) is 0 Å². The summed E-state index contributed by atoms with van der Waals surface area (Å²) in [7, 11) is 1.39. The Morgan fingerprint density at radius 2 is 2.00 bits per heavy atom. The van der Waals surface area contributed by atoms with Gasteiger partial charge in [0.15, 0.2) is 6.29 Å². The van der Waals surface area contributed by atoms with Crippen molar-refractivity contribution in [2.75, 3.05) is 13.7 Å². The van der Waals surface area contributed by atoms with Gasteiger partial charge < -0.3 is 31.2 Å². The lowest BCUT2D eigenvalue weighted by atomic mass is 9.97. The third-order valence-corrected chi connectivity index (χ3v) is 2.22. The van der Waals surface area contributed by atoms with E-state index in [4.69, 9.17) is 20.9 Å². The first-order valence-corrected chi connectivity index (χ1v) is 4.11. The molecule has 0 spiro atoms. The van der Waals surface area contributed by atoms with Gasteiger partial charge >= 0.3 is 0 Å². The van der Waals surface area contributed by atoms with Crippen LogP contribution in [0.15, 0.2) is 0 Å². The Balaban J connectivity index is 2.66. The molecular weight excluding hydrogens is 176 g/mol. The van der Waals surface area contributed by atoms with Gasteiger partial charge in [0.1, 0.15) is 12.2 Å². The summed E-state index contributed by atoms with van der Waals surface area (Å²) in [6.07, 6.45) is -3.37. The van der Waals surface area contributed by atoms with Gasteiger partial charge in [-0.1, -0.05) is 0 Å². The van der Waals surface area contributed by atoms with Crippen molar-refractivity contribution in [3.8, 4) is 0 Å². The molecule has 78 valence electrons. The van der Waals surface area contributed by atoms with Crippen LogP contribution in [0.25, 0.3) is 0 Å². The Bertz CT molecular complexity index is 149. The molecule has 0 radical (unpaired) electrons. The first-order valence-electron chi connectivity index (χ1n) is 4.11. The molecule has 0 aromatic carbocycles. The number of hydrogen-bond acceptors (Lipinski definition) is 6. The van der Waals surface area contributed by atoms with Crippen LogP contribution in [0.5, 0.6) is 0 Å². The van der Waals surface area contributed by atoms with Crippen molar-refractivity contribution in [1.82, 2.24) is 0 Å². The number of aliphatic hydroxyl groups excluding tert-OH is 2. The molecule has 0 aliphatic carbocycles. The molecule has 6 N–H and O–H groups in total. The zero-order chi connectivity index (χ0) is 10.0. The minimum absolute atomic E-state index is 0.140. The standard InChI is InChI=1S/C7H16N2O4/c1-12-7-6(11)4(9)5(10)3(2-8)13-7/h3-7,10-11H,2,8-9H2,1H3. The van der Waals surface area contributed by atoms with Gasteiger partial charge in [0.25, 0.3) is 0 Å². The Kier molecular flexibility index (Phi) is 3.60. The summed E-state index contributed by atoms with van der Waals surface area (Å²) in [4.78, 5) is 0. The zero-order valence-electron chi connectivity index (χ0n) is 7.46. The highest BCUT2D eigenvalue weighted by Crippen LogP contribution is 2.19. The third-order valence-electron chi connectivity index (χ3n) is 2.22. The number of methoxy groups -OCH3 is 1. The lowest BCUT2D eigenvalue weighted by Crippen LogP contribution is -2.63. The molecule has 13 heavy (non-hydrogen) atoms. The predicted molar refractivity (Wildman–Crippen MR) is 44.7 cm³/mol. The first kappa shape index (κ1) is 10.8. The molecule has 1 saturated heterocycles. The molecule has 1 fully saturated rings. The van der Waals surface area contributed by atoms with Crippen molar-refractivity contribution in [2.24, 2.45) is 11.5 Å². The number of nitrogens with two attached hydrogens (primary N) is 2. The van der Waals surface area contributed by atoms with E-state index >= 15 is 0 Å². The molecule has 1 rings (SSSR count). The summed E-state index contributed by atoms with van der Waals surface area (Å²) in [6.45, 7) is 0.140. The minimum atomic E-state index is -1.03. The van der Waals surface area contributed by atoms with Gasteiger partial charge in [-0.15, -0.1) is 0 Å². The van der Waals surface area contributed by atoms with Crippen LogP contribution in [-0.4, -0.2) is 54.5 Å². The largest absolute Gasteiger partial charge is 0.389 e. The van der Waals surface area contributed by atoms with Crippen LogP contribution in [0.3, 0.4) is 0 Å². The van der Waals surface area contributed by atoms with E-state index in [-0.39, 0.29) is 6.54 Å². The van der Waals surface area contributed by atoms with Crippen molar-refractivity contribution < 1.29 is 19.7 Å². The topological polar surface area (TPSA) is 111 Å². The summed E-state index contributed by atoms with van der Waals surface area (Å²) >= 11 is 0. The molecule has 5 unspecified atom stereocenters. The summed E-state index contributed by atoms with van der Waals surface area (Å²) in [5, 5.41) is 18.9. The summed E-state index contributed by atoms with van der Waals surface area (Å²) < 4.78 is 9.99. The fourth-order valence-electron chi connectivity index (χ4n) is 1.35. The second-order valence-corrected chi connectivity index (χ2v) is 3.07. The smallest absolute Gasteiger partial charge is 0.185 e. The molecule has 6 nitrogen and oxygen atoms in total. The van der Waals surface area contributed by atoms with Crippen LogP contribution in [0.4, 0.5) is 0 Å². The van der Waals surface area contributed by atoms with Gasteiger partial charge in [-0.25, -0.2) is 0 Å². The van der Waals surface area contributed by atoms with Crippen molar-refractivity contribution in [3.63, 3.8) is 0 Å². The molecule has 0 saturated carbocycles. The highest BCUT2D eigenvalue weighted by Gasteiger charge is 2.41. The average molecular weight is 192 g/mol. The normalized spacial score (nSPS) is 46.4. The van der Waals surface area contributed by atoms with Crippen LogP contribution in [0.2, 0.25) is 0 Å². The highest BCUT2D eigenvalue weighted by atomic mass is 16.7. The molecule has 0 aromatic rings. The van der Waals surface area contributed by atoms with E-state index in [0.717, 1.165) is 0 Å². The van der Waals surface area contributed by atoms with Crippen LogP contribution in [0.1, 0.15) is 0 Å². The van der Waals surface area contributed by atoms with Crippen molar-refractivity contribution >= 4 is 0 Å². The number of ether oxygens (including phenoxy) is 2. The SMILES string of the molecule is COC1OC(CN)C(O)C(N)C1O.